The molecule has 0 atom stereocenters. The Morgan fingerprint density at radius 3 is 2.69 bits per heavy atom. The second-order valence-electron chi connectivity index (χ2n) is 4.96. The Bertz CT molecular complexity index is 378. The van der Waals surface area contributed by atoms with Crippen LogP contribution in [0, 0.1) is 11.7 Å². The van der Waals surface area contributed by atoms with Crippen LogP contribution in [0.4, 0.5) is 4.39 Å². The molecule has 2 nitrogen and oxygen atoms in total. The van der Waals surface area contributed by atoms with E-state index in [1.54, 1.807) is 26.0 Å². The first-order valence-electron chi connectivity index (χ1n) is 5.62. The predicted octanol–water partition coefficient (Wildman–Crippen LogP) is 2.84. The molecular weight excluding hydrogens is 207 g/mol. The van der Waals surface area contributed by atoms with Crippen molar-refractivity contribution in [2.75, 3.05) is 6.61 Å². The molecule has 0 saturated heterocycles. The third-order valence-electron chi connectivity index (χ3n) is 2.78. The zero-order valence-electron chi connectivity index (χ0n) is 9.66. The van der Waals surface area contributed by atoms with E-state index >= 15 is 0 Å². The summed E-state index contributed by atoms with van der Waals surface area (Å²) in [5.74, 6) is 0.896. The average molecular weight is 224 g/mol. The van der Waals surface area contributed by atoms with Crippen molar-refractivity contribution in [2.45, 2.75) is 32.3 Å². The van der Waals surface area contributed by atoms with Crippen LogP contribution in [0.2, 0.25) is 0 Å². The Morgan fingerprint density at radius 2 is 2.12 bits per heavy atom. The Labute approximate surface area is 95.1 Å². The van der Waals surface area contributed by atoms with Gasteiger partial charge in [0.2, 0.25) is 0 Å². The third kappa shape index (κ3) is 2.73. The molecule has 1 saturated carbocycles. The SMILES string of the molecule is CC(C)(O)c1cc(OCC2CC2)ccc1F. The van der Waals surface area contributed by atoms with E-state index in [0.29, 0.717) is 18.3 Å². The number of aliphatic hydroxyl groups is 1. The van der Waals surface area contributed by atoms with E-state index in [4.69, 9.17) is 4.74 Å². The summed E-state index contributed by atoms with van der Waals surface area (Å²) in [6.45, 7) is 3.82. The molecular formula is C13H17FO2. The van der Waals surface area contributed by atoms with Gasteiger partial charge in [-0.1, -0.05) is 0 Å². The fraction of sp³-hybridized carbons (Fsp3) is 0.538. The van der Waals surface area contributed by atoms with Crippen molar-refractivity contribution < 1.29 is 14.2 Å². The minimum absolute atomic E-state index is 0.279. The van der Waals surface area contributed by atoms with Crippen molar-refractivity contribution in [3.05, 3.63) is 29.6 Å². The predicted molar refractivity (Wildman–Crippen MR) is 59.9 cm³/mol. The maximum atomic E-state index is 13.5. The zero-order valence-corrected chi connectivity index (χ0v) is 9.66. The molecule has 2 rings (SSSR count). The second-order valence-corrected chi connectivity index (χ2v) is 4.96. The Morgan fingerprint density at radius 1 is 1.44 bits per heavy atom. The molecule has 0 aromatic heterocycles. The van der Waals surface area contributed by atoms with Gasteiger partial charge in [0, 0.05) is 5.56 Å². The molecule has 1 aromatic carbocycles. The number of benzene rings is 1. The molecule has 3 heteroatoms. The van der Waals surface area contributed by atoms with E-state index in [0.717, 1.165) is 0 Å². The van der Waals surface area contributed by atoms with Gasteiger partial charge in [-0.25, -0.2) is 4.39 Å². The van der Waals surface area contributed by atoms with Gasteiger partial charge >= 0.3 is 0 Å². The second kappa shape index (κ2) is 4.06. The standard InChI is InChI=1S/C13H17FO2/c1-13(2,15)11-7-10(5-6-12(11)14)16-8-9-3-4-9/h5-7,9,15H,3-4,8H2,1-2H3. The molecule has 0 bridgehead atoms. The monoisotopic (exact) mass is 224 g/mol. The lowest BCUT2D eigenvalue weighted by molar-refractivity contribution is 0.0741. The molecule has 1 aliphatic rings. The summed E-state index contributed by atoms with van der Waals surface area (Å²) >= 11 is 0. The van der Waals surface area contributed by atoms with Crippen LogP contribution in [0.15, 0.2) is 18.2 Å². The highest BCUT2D eigenvalue weighted by Crippen LogP contribution is 2.31. The zero-order chi connectivity index (χ0) is 11.8. The van der Waals surface area contributed by atoms with Gasteiger partial charge in [0.1, 0.15) is 11.6 Å². The molecule has 1 fully saturated rings. The van der Waals surface area contributed by atoms with Gasteiger partial charge in [-0.3, -0.25) is 0 Å². The Balaban J connectivity index is 2.13. The number of halogens is 1. The quantitative estimate of drug-likeness (QED) is 0.852. The lowest BCUT2D eigenvalue weighted by Crippen LogP contribution is -2.17. The van der Waals surface area contributed by atoms with Crippen LogP contribution in [0.25, 0.3) is 0 Å². The fourth-order valence-corrected chi connectivity index (χ4v) is 1.56. The molecule has 0 amide bonds. The lowest BCUT2D eigenvalue weighted by atomic mass is 9.98. The van der Waals surface area contributed by atoms with E-state index < -0.39 is 11.4 Å². The highest BCUT2D eigenvalue weighted by Gasteiger charge is 2.24. The van der Waals surface area contributed by atoms with E-state index in [1.807, 2.05) is 0 Å². The summed E-state index contributed by atoms with van der Waals surface area (Å²) in [7, 11) is 0. The Kier molecular flexibility index (Phi) is 2.89. The van der Waals surface area contributed by atoms with E-state index in [1.165, 1.54) is 18.9 Å². The minimum Gasteiger partial charge on any atom is -0.493 e. The maximum absolute atomic E-state index is 13.5. The van der Waals surface area contributed by atoms with E-state index in [-0.39, 0.29) is 5.56 Å². The summed E-state index contributed by atoms with van der Waals surface area (Å²) < 4.78 is 19.0. The van der Waals surface area contributed by atoms with Crippen LogP contribution < -0.4 is 4.74 Å². The third-order valence-corrected chi connectivity index (χ3v) is 2.78. The molecule has 1 N–H and O–H groups in total. The highest BCUT2D eigenvalue weighted by atomic mass is 19.1. The van der Waals surface area contributed by atoms with Gasteiger partial charge in [0.15, 0.2) is 0 Å². The fourth-order valence-electron chi connectivity index (χ4n) is 1.56. The highest BCUT2D eigenvalue weighted by molar-refractivity contribution is 5.33. The summed E-state index contributed by atoms with van der Waals surface area (Å²) in [4.78, 5) is 0. The van der Waals surface area contributed by atoms with Crippen molar-refractivity contribution in [1.29, 1.82) is 0 Å². The van der Waals surface area contributed by atoms with Crippen molar-refractivity contribution in [2.24, 2.45) is 5.92 Å². The van der Waals surface area contributed by atoms with Gasteiger partial charge in [-0.05, 0) is 50.8 Å². The van der Waals surface area contributed by atoms with Gasteiger partial charge in [-0.15, -0.1) is 0 Å². The molecule has 0 heterocycles. The first-order valence-corrected chi connectivity index (χ1v) is 5.62. The van der Waals surface area contributed by atoms with Crippen LogP contribution in [-0.2, 0) is 5.60 Å². The van der Waals surface area contributed by atoms with Gasteiger partial charge in [0.05, 0.1) is 12.2 Å². The average Bonchev–Trinajstić information content (AvgIpc) is 2.98. The van der Waals surface area contributed by atoms with Gasteiger partial charge in [-0.2, -0.15) is 0 Å². The first kappa shape index (κ1) is 11.4. The summed E-state index contributed by atoms with van der Waals surface area (Å²) in [5, 5.41) is 9.79. The molecule has 1 aromatic rings. The van der Waals surface area contributed by atoms with Gasteiger partial charge < -0.3 is 9.84 Å². The van der Waals surface area contributed by atoms with Crippen molar-refractivity contribution in [3.63, 3.8) is 0 Å². The molecule has 0 unspecified atom stereocenters. The number of rotatable bonds is 4. The van der Waals surface area contributed by atoms with Crippen molar-refractivity contribution >= 4 is 0 Å². The van der Waals surface area contributed by atoms with Crippen LogP contribution in [0.1, 0.15) is 32.3 Å². The molecule has 1 aliphatic carbocycles. The van der Waals surface area contributed by atoms with Crippen molar-refractivity contribution in [1.82, 2.24) is 0 Å². The topological polar surface area (TPSA) is 29.5 Å². The van der Waals surface area contributed by atoms with E-state index in [2.05, 4.69) is 0 Å². The molecule has 0 spiro atoms. The number of ether oxygens (including phenoxy) is 1. The summed E-state index contributed by atoms with van der Waals surface area (Å²) in [5.41, 5.74) is -0.899. The summed E-state index contributed by atoms with van der Waals surface area (Å²) in [6.07, 6.45) is 2.44. The smallest absolute Gasteiger partial charge is 0.129 e. The van der Waals surface area contributed by atoms with E-state index in [9.17, 15) is 9.50 Å². The molecule has 88 valence electrons. The minimum atomic E-state index is -1.18. The largest absolute Gasteiger partial charge is 0.493 e. The van der Waals surface area contributed by atoms with Crippen LogP contribution in [0.5, 0.6) is 5.75 Å². The number of hydrogen-bond acceptors (Lipinski definition) is 2. The molecule has 0 aliphatic heterocycles. The van der Waals surface area contributed by atoms with Crippen molar-refractivity contribution in [3.8, 4) is 5.75 Å². The van der Waals surface area contributed by atoms with Crippen LogP contribution >= 0.6 is 0 Å². The summed E-state index contributed by atoms with van der Waals surface area (Å²) in [6, 6.07) is 4.53. The number of hydrogen-bond donors (Lipinski definition) is 1. The van der Waals surface area contributed by atoms with Crippen LogP contribution in [-0.4, -0.2) is 11.7 Å². The Hall–Kier alpha value is -1.09. The molecule has 0 radical (unpaired) electrons. The normalized spacial score (nSPS) is 16.2. The molecule has 16 heavy (non-hydrogen) atoms. The van der Waals surface area contributed by atoms with Crippen LogP contribution in [0.3, 0.4) is 0 Å². The first-order chi connectivity index (χ1) is 7.47. The maximum Gasteiger partial charge on any atom is 0.129 e. The van der Waals surface area contributed by atoms with Gasteiger partial charge in [0.25, 0.3) is 0 Å². The lowest BCUT2D eigenvalue weighted by Gasteiger charge is -2.19.